The minimum atomic E-state index is -0.443. The Morgan fingerprint density at radius 2 is 1.74 bits per heavy atom. The van der Waals surface area contributed by atoms with Crippen molar-refractivity contribution >= 4 is 0 Å². The van der Waals surface area contributed by atoms with Gasteiger partial charge >= 0.3 is 5.69 Å². The Labute approximate surface area is 156 Å². The van der Waals surface area contributed by atoms with Crippen LogP contribution in [0.3, 0.4) is 0 Å². The van der Waals surface area contributed by atoms with Crippen LogP contribution in [0.4, 0.5) is 0 Å². The molecule has 0 aliphatic carbocycles. The molecule has 0 aliphatic heterocycles. The first-order chi connectivity index (χ1) is 12.9. The van der Waals surface area contributed by atoms with Gasteiger partial charge in [0.05, 0.1) is 12.3 Å². The van der Waals surface area contributed by atoms with Gasteiger partial charge in [-0.3, -0.25) is 9.36 Å². The van der Waals surface area contributed by atoms with Gasteiger partial charge in [0.15, 0.2) is 0 Å². The minimum Gasteiger partial charge on any atom is -0.508 e. The first kappa shape index (κ1) is 18.7. The van der Waals surface area contributed by atoms with Crippen molar-refractivity contribution < 1.29 is 9.84 Å². The maximum atomic E-state index is 12.8. The van der Waals surface area contributed by atoms with E-state index in [1.165, 1.54) is 4.57 Å². The van der Waals surface area contributed by atoms with Crippen molar-refractivity contribution in [3.05, 3.63) is 86.1 Å². The summed E-state index contributed by atoms with van der Waals surface area (Å²) >= 11 is 0. The van der Waals surface area contributed by atoms with Crippen LogP contribution in [0, 0.1) is 13.8 Å². The first-order valence-electron chi connectivity index (χ1n) is 8.62. The van der Waals surface area contributed by atoms with E-state index < -0.39 is 5.69 Å². The Morgan fingerprint density at radius 3 is 2.41 bits per heavy atom. The zero-order chi connectivity index (χ0) is 19.6. The molecule has 3 rings (SSSR count). The van der Waals surface area contributed by atoms with Crippen LogP contribution in [-0.2, 0) is 25.1 Å². The molecule has 6 heteroatoms. The Morgan fingerprint density at radius 1 is 1.04 bits per heavy atom. The molecular weight excluding hydrogens is 344 g/mol. The molecule has 1 N–H and O–H groups in total. The molecule has 0 fully saturated rings. The van der Waals surface area contributed by atoms with E-state index >= 15 is 0 Å². The molecule has 6 nitrogen and oxygen atoms in total. The summed E-state index contributed by atoms with van der Waals surface area (Å²) in [6, 6.07) is 14.4. The number of nitrogens with zero attached hydrogens (tertiary/aromatic N) is 2. The van der Waals surface area contributed by atoms with Crippen molar-refractivity contribution in [3.8, 4) is 17.0 Å². The highest BCUT2D eigenvalue weighted by atomic mass is 16.5. The second-order valence-corrected chi connectivity index (χ2v) is 6.51. The summed E-state index contributed by atoms with van der Waals surface area (Å²) in [5, 5.41) is 9.62. The van der Waals surface area contributed by atoms with Gasteiger partial charge < -0.3 is 9.84 Å². The van der Waals surface area contributed by atoms with E-state index in [9.17, 15) is 14.7 Å². The lowest BCUT2D eigenvalue weighted by atomic mass is 10.0. The molecule has 3 aromatic rings. The SMILES string of the molecule is Cc1cc(O)ccc1-c1c(C)c(=O)n(COCc2ccccc2)c(=O)n1C. The molecule has 0 radical (unpaired) electrons. The van der Waals surface area contributed by atoms with Crippen LogP contribution in [0.25, 0.3) is 11.3 Å². The van der Waals surface area contributed by atoms with E-state index in [-0.39, 0.29) is 18.0 Å². The Balaban J connectivity index is 1.96. The van der Waals surface area contributed by atoms with E-state index in [1.807, 2.05) is 37.3 Å². The monoisotopic (exact) mass is 366 g/mol. The Hall–Kier alpha value is -3.12. The van der Waals surface area contributed by atoms with Crippen LogP contribution in [0.2, 0.25) is 0 Å². The van der Waals surface area contributed by atoms with Gasteiger partial charge in [-0.2, -0.15) is 0 Å². The lowest BCUT2D eigenvalue weighted by Crippen LogP contribution is -2.41. The fraction of sp³-hybridized carbons (Fsp3) is 0.238. The van der Waals surface area contributed by atoms with E-state index in [4.69, 9.17) is 4.74 Å². The average Bonchev–Trinajstić information content (AvgIpc) is 2.65. The number of ether oxygens (including phenoxy) is 1. The first-order valence-corrected chi connectivity index (χ1v) is 8.62. The van der Waals surface area contributed by atoms with Crippen molar-refractivity contribution in [3.63, 3.8) is 0 Å². The van der Waals surface area contributed by atoms with Gasteiger partial charge in [-0.25, -0.2) is 9.36 Å². The normalized spacial score (nSPS) is 10.9. The second kappa shape index (κ2) is 7.63. The topological polar surface area (TPSA) is 73.5 Å². The highest BCUT2D eigenvalue weighted by molar-refractivity contribution is 5.67. The number of aryl methyl sites for hydroxylation is 1. The highest BCUT2D eigenvalue weighted by Gasteiger charge is 2.17. The third-order valence-corrected chi connectivity index (χ3v) is 4.57. The molecule has 0 aliphatic rings. The van der Waals surface area contributed by atoms with Crippen LogP contribution in [0.1, 0.15) is 16.7 Å². The molecular formula is C21H22N2O4. The van der Waals surface area contributed by atoms with Gasteiger partial charge in [-0.1, -0.05) is 30.3 Å². The predicted molar refractivity (Wildman–Crippen MR) is 104 cm³/mol. The third kappa shape index (κ3) is 3.71. The Kier molecular flexibility index (Phi) is 5.28. The molecule has 2 aromatic carbocycles. The molecule has 0 amide bonds. The number of aromatic hydroxyl groups is 1. The van der Waals surface area contributed by atoms with Crippen LogP contribution < -0.4 is 11.2 Å². The van der Waals surface area contributed by atoms with Crippen molar-refractivity contribution in [1.82, 2.24) is 9.13 Å². The molecule has 0 saturated heterocycles. The van der Waals surface area contributed by atoms with Gasteiger partial charge in [0.25, 0.3) is 5.56 Å². The molecule has 0 spiro atoms. The van der Waals surface area contributed by atoms with Crippen LogP contribution >= 0.6 is 0 Å². The van der Waals surface area contributed by atoms with Crippen molar-refractivity contribution in [1.29, 1.82) is 0 Å². The van der Waals surface area contributed by atoms with Crippen molar-refractivity contribution in [2.75, 3.05) is 0 Å². The largest absolute Gasteiger partial charge is 0.508 e. The average molecular weight is 366 g/mol. The van der Waals surface area contributed by atoms with E-state index in [0.717, 1.165) is 21.3 Å². The van der Waals surface area contributed by atoms with Crippen LogP contribution in [0.15, 0.2) is 58.1 Å². The number of hydrogen-bond donors (Lipinski definition) is 1. The predicted octanol–water partition coefficient (Wildman–Crippen LogP) is 2.71. The fourth-order valence-corrected chi connectivity index (χ4v) is 3.16. The smallest absolute Gasteiger partial charge is 0.333 e. The quantitative estimate of drug-likeness (QED) is 0.753. The number of hydrogen-bond acceptors (Lipinski definition) is 4. The van der Waals surface area contributed by atoms with E-state index in [1.54, 1.807) is 32.2 Å². The number of aromatic nitrogens is 2. The molecule has 140 valence electrons. The number of phenols is 1. The summed E-state index contributed by atoms with van der Waals surface area (Å²) in [5.74, 6) is 0.140. The zero-order valence-corrected chi connectivity index (χ0v) is 15.6. The minimum absolute atomic E-state index is 0.115. The highest BCUT2D eigenvalue weighted by Crippen LogP contribution is 2.26. The van der Waals surface area contributed by atoms with Gasteiger partial charge in [0.2, 0.25) is 0 Å². The van der Waals surface area contributed by atoms with Gasteiger partial charge in [0, 0.05) is 18.2 Å². The summed E-state index contributed by atoms with van der Waals surface area (Å²) < 4.78 is 8.12. The maximum Gasteiger partial charge on any atom is 0.333 e. The molecule has 0 saturated carbocycles. The molecule has 1 aromatic heterocycles. The van der Waals surface area contributed by atoms with Crippen LogP contribution in [0.5, 0.6) is 5.75 Å². The van der Waals surface area contributed by atoms with E-state index in [2.05, 4.69) is 0 Å². The fourth-order valence-electron chi connectivity index (χ4n) is 3.16. The number of phenolic OH excluding ortho intramolecular Hbond substituents is 1. The van der Waals surface area contributed by atoms with Gasteiger partial charge in [-0.05, 0) is 43.2 Å². The van der Waals surface area contributed by atoms with E-state index in [0.29, 0.717) is 17.9 Å². The zero-order valence-electron chi connectivity index (χ0n) is 15.6. The lowest BCUT2D eigenvalue weighted by Gasteiger charge is -2.17. The summed E-state index contributed by atoms with van der Waals surface area (Å²) in [5.41, 5.74) is 2.66. The standard InChI is InChI=1S/C21H22N2O4/c1-14-11-17(24)9-10-18(14)19-15(2)20(25)23(21(26)22(19)3)13-27-12-16-7-5-4-6-8-16/h4-11,24H,12-13H2,1-3H3. The lowest BCUT2D eigenvalue weighted by molar-refractivity contribution is 0.0580. The summed E-state index contributed by atoms with van der Waals surface area (Å²) in [6.07, 6.45) is 0. The molecule has 27 heavy (non-hydrogen) atoms. The summed E-state index contributed by atoms with van der Waals surface area (Å²) in [6.45, 7) is 3.72. The second-order valence-electron chi connectivity index (χ2n) is 6.51. The molecule has 1 heterocycles. The maximum absolute atomic E-state index is 12.8. The van der Waals surface area contributed by atoms with Crippen LogP contribution in [-0.4, -0.2) is 14.2 Å². The number of rotatable bonds is 5. The van der Waals surface area contributed by atoms with Crippen molar-refractivity contribution in [2.24, 2.45) is 7.05 Å². The number of benzene rings is 2. The Bertz CT molecular complexity index is 1040. The molecule has 0 unspecified atom stereocenters. The summed E-state index contributed by atoms with van der Waals surface area (Å²) in [4.78, 5) is 25.5. The third-order valence-electron chi connectivity index (χ3n) is 4.57. The van der Waals surface area contributed by atoms with Gasteiger partial charge in [-0.15, -0.1) is 0 Å². The summed E-state index contributed by atoms with van der Waals surface area (Å²) in [7, 11) is 1.63. The van der Waals surface area contributed by atoms with Gasteiger partial charge in [0.1, 0.15) is 12.5 Å². The molecule has 0 atom stereocenters. The molecule has 0 bridgehead atoms. The van der Waals surface area contributed by atoms with Crippen molar-refractivity contribution in [2.45, 2.75) is 27.2 Å².